The van der Waals surface area contributed by atoms with Crippen LogP contribution in [0.4, 0.5) is 0 Å². The normalized spacial score (nSPS) is 13.8. The lowest BCUT2D eigenvalue weighted by atomic mass is 10.0. The van der Waals surface area contributed by atoms with Crippen LogP contribution in [0.2, 0.25) is 0 Å². The number of quaternary nitrogens is 1. The second-order valence-corrected chi connectivity index (χ2v) is 28.1. The number of aliphatic hydroxyl groups excluding tert-OH is 1. The number of nitrogens with zero attached hydrogens (tertiary/aromatic N) is 1. The third kappa shape index (κ3) is 68.1. The van der Waals surface area contributed by atoms with Gasteiger partial charge in [0.05, 0.1) is 39.9 Å². The van der Waals surface area contributed by atoms with Crippen LogP contribution in [0, 0.1) is 0 Å². The molecule has 9 heteroatoms. The fourth-order valence-electron chi connectivity index (χ4n) is 11.4. The number of likely N-dealkylation sites (N-methyl/N-ethyl adjacent to an activating group) is 1. The van der Waals surface area contributed by atoms with E-state index in [1.54, 1.807) is 6.08 Å². The first-order chi connectivity index (χ1) is 40.5. The van der Waals surface area contributed by atoms with Crippen LogP contribution in [0.1, 0.15) is 380 Å². The van der Waals surface area contributed by atoms with Gasteiger partial charge in [0.1, 0.15) is 13.2 Å². The number of hydrogen-bond acceptors (Lipinski definition) is 5. The molecule has 0 fully saturated rings. The number of amides is 1. The van der Waals surface area contributed by atoms with E-state index < -0.39 is 20.0 Å². The maximum atomic E-state index is 13.1. The van der Waals surface area contributed by atoms with Crippen molar-refractivity contribution in [1.82, 2.24) is 5.32 Å². The van der Waals surface area contributed by atoms with Crippen LogP contribution in [0.15, 0.2) is 36.5 Å². The van der Waals surface area contributed by atoms with Gasteiger partial charge in [-0.25, -0.2) is 4.57 Å². The van der Waals surface area contributed by atoms with Crippen molar-refractivity contribution in [2.45, 2.75) is 392 Å². The van der Waals surface area contributed by atoms with Gasteiger partial charge in [-0.05, 0) is 57.8 Å². The van der Waals surface area contributed by atoms with Crippen LogP contribution in [0.25, 0.3) is 0 Å². The van der Waals surface area contributed by atoms with Crippen molar-refractivity contribution in [3.8, 4) is 0 Å². The predicted octanol–water partition coefficient (Wildman–Crippen LogP) is 23.6. The number of unbranched alkanes of at least 4 members (excludes halogenated alkanes) is 52. The molecule has 3 N–H and O–H groups in total. The minimum Gasteiger partial charge on any atom is -0.387 e. The summed E-state index contributed by atoms with van der Waals surface area (Å²) in [5.41, 5.74) is 0. The molecule has 0 heterocycles. The molecule has 0 saturated carbocycles. The predicted molar refractivity (Wildman–Crippen MR) is 365 cm³/mol. The molecule has 1 amide bonds. The van der Waals surface area contributed by atoms with Gasteiger partial charge < -0.3 is 19.8 Å². The highest BCUT2D eigenvalue weighted by Gasteiger charge is 2.28. The zero-order valence-electron chi connectivity index (χ0n) is 56.5. The molecular weight excluding hydrogens is 1040 g/mol. The van der Waals surface area contributed by atoms with Crippen molar-refractivity contribution in [3.63, 3.8) is 0 Å². The SMILES string of the molecule is CCCCCCCCCC/C=C\CCCCCCCCCCCCCCCCCCCCCCCC(=O)NC(COP(=O)(O)OCC[N+](C)(C)C)C(O)/C=C/CC/C=C/CCCCCCCCCCCCCCCCCCCCCCCC. The summed E-state index contributed by atoms with van der Waals surface area (Å²) in [7, 11) is 1.57. The fourth-order valence-corrected chi connectivity index (χ4v) is 12.1. The molecule has 0 aromatic rings. The van der Waals surface area contributed by atoms with Gasteiger partial charge in [-0.3, -0.25) is 13.8 Å². The van der Waals surface area contributed by atoms with Crippen molar-refractivity contribution in [2.24, 2.45) is 0 Å². The third-order valence-electron chi connectivity index (χ3n) is 17.1. The molecule has 0 rings (SSSR count). The van der Waals surface area contributed by atoms with E-state index in [1.165, 1.54) is 321 Å². The van der Waals surface area contributed by atoms with Crippen molar-refractivity contribution >= 4 is 13.7 Å². The summed E-state index contributed by atoms with van der Waals surface area (Å²) < 4.78 is 23.8. The summed E-state index contributed by atoms with van der Waals surface area (Å²) in [4.78, 5) is 23.4. The number of carbonyl (C=O) groups is 1. The molecule has 0 aliphatic rings. The summed E-state index contributed by atoms with van der Waals surface area (Å²) in [6.07, 6.45) is 87.5. The largest absolute Gasteiger partial charge is 0.472 e. The molecule has 3 atom stereocenters. The van der Waals surface area contributed by atoms with Gasteiger partial charge in [-0.2, -0.15) is 0 Å². The van der Waals surface area contributed by atoms with Crippen LogP contribution in [-0.4, -0.2) is 73.4 Å². The average Bonchev–Trinajstić information content (AvgIpc) is 3.49. The Bertz CT molecular complexity index is 1450. The Morgan fingerprint density at radius 1 is 0.398 bits per heavy atom. The highest BCUT2D eigenvalue weighted by atomic mass is 31.2. The number of aliphatic hydroxyl groups is 1. The van der Waals surface area contributed by atoms with Crippen LogP contribution in [0.5, 0.6) is 0 Å². The second kappa shape index (κ2) is 65.2. The number of phosphoric ester groups is 1. The third-order valence-corrected chi connectivity index (χ3v) is 18.1. The molecule has 8 nitrogen and oxygen atoms in total. The van der Waals surface area contributed by atoms with E-state index in [0.29, 0.717) is 17.4 Å². The number of carbonyl (C=O) groups excluding carboxylic acids is 1. The van der Waals surface area contributed by atoms with E-state index >= 15 is 0 Å². The van der Waals surface area contributed by atoms with Crippen molar-refractivity contribution in [3.05, 3.63) is 36.5 Å². The monoisotopic (exact) mass is 1190 g/mol. The van der Waals surface area contributed by atoms with Gasteiger partial charge in [0, 0.05) is 6.42 Å². The highest BCUT2D eigenvalue weighted by molar-refractivity contribution is 7.47. The van der Waals surface area contributed by atoms with E-state index in [1.807, 2.05) is 27.2 Å². The van der Waals surface area contributed by atoms with Crippen LogP contribution >= 0.6 is 7.82 Å². The Balaban J connectivity index is 4.03. The number of allylic oxidation sites excluding steroid dienone is 5. The molecule has 0 radical (unpaired) electrons. The molecule has 0 aromatic heterocycles. The summed E-state index contributed by atoms with van der Waals surface area (Å²) in [6, 6.07) is -0.863. The van der Waals surface area contributed by atoms with Gasteiger partial charge in [0.2, 0.25) is 5.91 Å². The van der Waals surface area contributed by atoms with Crippen LogP contribution in [0.3, 0.4) is 0 Å². The van der Waals surface area contributed by atoms with Crippen molar-refractivity contribution in [1.29, 1.82) is 0 Å². The van der Waals surface area contributed by atoms with E-state index in [4.69, 9.17) is 9.05 Å². The number of nitrogens with one attached hydrogen (secondary N) is 1. The lowest BCUT2D eigenvalue weighted by Crippen LogP contribution is -2.45. The molecule has 492 valence electrons. The molecular formula is C74H146N2O6P+. The Labute approximate surface area is 518 Å². The summed E-state index contributed by atoms with van der Waals surface area (Å²) in [5.74, 6) is -0.179. The minimum absolute atomic E-state index is 0.0582. The van der Waals surface area contributed by atoms with Crippen LogP contribution in [-0.2, 0) is 18.4 Å². The van der Waals surface area contributed by atoms with E-state index in [-0.39, 0.29) is 19.1 Å². The topological polar surface area (TPSA) is 105 Å². The molecule has 0 aliphatic heterocycles. The Hall–Kier alpha value is -1.28. The zero-order chi connectivity index (χ0) is 60.5. The Kier molecular flexibility index (Phi) is 64.2. The molecule has 0 aliphatic carbocycles. The number of rotatable bonds is 69. The molecule has 3 unspecified atom stereocenters. The molecule has 0 spiro atoms. The van der Waals surface area contributed by atoms with Gasteiger partial charge in [-0.15, -0.1) is 0 Å². The standard InChI is InChI=1S/C74H145N2O6P/c1-6-8-10-12-14-16-18-20-22-24-26-28-30-32-34-36-37-38-39-40-42-44-46-48-50-52-54-56-58-60-62-64-66-68-74(78)75-72(71-82-83(79,80)81-70-69-76(3,4)5)73(77)67-65-63-61-59-57-55-53-51-49-47-45-43-41-35-33-31-29-27-25-23-21-19-17-15-13-11-9-7-2/h24,26,57,59,65,67,72-73,77H,6-23,25,27-56,58,60-64,66,68-71H2,1-5H3,(H-,75,78,79,80)/p+1/b26-24-,59-57+,67-65+. The van der Waals surface area contributed by atoms with Crippen LogP contribution < -0.4 is 5.32 Å². The minimum atomic E-state index is -4.36. The molecule has 0 saturated heterocycles. The maximum Gasteiger partial charge on any atom is 0.472 e. The number of phosphoric acid groups is 1. The maximum absolute atomic E-state index is 13.1. The first-order valence-corrected chi connectivity index (χ1v) is 38.4. The van der Waals surface area contributed by atoms with Gasteiger partial charge in [0.25, 0.3) is 0 Å². The molecule has 0 aromatic carbocycles. The first-order valence-electron chi connectivity index (χ1n) is 36.9. The van der Waals surface area contributed by atoms with Crippen molar-refractivity contribution < 1.29 is 32.9 Å². The number of hydrogen-bond donors (Lipinski definition) is 3. The van der Waals surface area contributed by atoms with E-state index in [2.05, 4.69) is 43.5 Å². The lowest BCUT2D eigenvalue weighted by molar-refractivity contribution is -0.870. The van der Waals surface area contributed by atoms with Gasteiger partial charge >= 0.3 is 7.82 Å². The Morgan fingerprint density at radius 3 is 0.964 bits per heavy atom. The Morgan fingerprint density at radius 2 is 0.663 bits per heavy atom. The van der Waals surface area contributed by atoms with E-state index in [0.717, 1.165) is 38.5 Å². The highest BCUT2D eigenvalue weighted by Crippen LogP contribution is 2.43. The zero-order valence-corrected chi connectivity index (χ0v) is 57.4. The lowest BCUT2D eigenvalue weighted by Gasteiger charge is -2.25. The van der Waals surface area contributed by atoms with Gasteiger partial charge in [0.15, 0.2) is 0 Å². The molecule has 0 bridgehead atoms. The second-order valence-electron chi connectivity index (χ2n) is 26.7. The van der Waals surface area contributed by atoms with Gasteiger partial charge in [-0.1, -0.05) is 352 Å². The summed E-state index contributed by atoms with van der Waals surface area (Å²) in [6.45, 7) is 4.86. The first kappa shape index (κ1) is 81.7. The molecule has 83 heavy (non-hydrogen) atoms. The quantitative estimate of drug-likeness (QED) is 0.0243. The van der Waals surface area contributed by atoms with Crippen molar-refractivity contribution in [2.75, 3.05) is 40.9 Å². The summed E-state index contributed by atoms with van der Waals surface area (Å²) in [5, 5.41) is 14.0. The summed E-state index contributed by atoms with van der Waals surface area (Å²) >= 11 is 0. The fraction of sp³-hybridized carbons (Fsp3) is 0.905. The van der Waals surface area contributed by atoms with E-state index in [9.17, 15) is 19.4 Å². The smallest absolute Gasteiger partial charge is 0.387 e. The average molecular weight is 1190 g/mol.